The maximum atomic E-state index is 12.5. The Balaban J connectivity index is 1.40. The van der Waals surface area contributed by atoms with E-state index >= 15 is 0 Å². The molecule has 1 saturated carbocycles. The number of nitrogens with one attached hydrogen (secondary N) is 1. The average molecular weight is 362 g/mol. The number of nitrogens with zero attached hydrogens (tertiary/aromatic N) is 3. The van der Waals surface area contributed by atoms with Crippen LogP contribution >= 0.6 is 0 Å². The quantitative estimate of drug-likeness (QED) is 0.861. The molecular formula is C19H30N4O3. The fourth-order valence-electron chi connectivity index (χ4n) is 4.85. The zero-order valence-electron chi connectivity index (χ0n) is 15.9. The van der Waals surface area contributed by atoms with Crippen LogP contribution in [0.2, 0.25) is 0 Å². The summed E-state index contributed by atoms with van der Waals surface area (Å²) in [6.07, 6.45) is 5.29. The van der Waals surface area contributed by atoms with Gasteiger partial charge in [0.15, 0.2) is 5.82 Å². The molecule has 2 aliphatic heterocycles. The molecule has 3 fully saturated rings. The van der Waals surface area contributed by atoms with Crippen LogP contribution in [0, 0.1) is 5.92 Å². The van der Waals surface area contributed by atoms with E-state index in [1.54, 1.807) is 0 Å². The molecule has 2 atom stereocenters. The van der Waals surface area contributed by atoms with Gasteiger partial charge >= 0.3 is 0 Å². The monoisotopic (exact) mass is 362 g/mol. The third-order valence-electron chi connectivity index (χ3n) is 6.28. The molecule has 3 heterocycles. The Bertz CT molecular complexity index is 640. The van der Waals surface area contributed by atoms with Gasteiger partial charge in [-0.25, -0.2) is 0 Å². The molecule has 144 valence electrons. The maximum Gasteiger partial charge on any atom is 0.234 e. The minimum Gasteiger partial charge on any atom is -0.381 e. The van der Waals surface area contributed by atoms with E-state index in [0.29, 0.717) is 12.5 Å². The standard InChI is InChI=1S/C19H30N4O3/c1-13(2)17-21-18(26-22-17)19-7-3-4-14(19)10-23(12-19)11-16(24)20-15-5-8-25-9-6-15/h13-15H,3-12H2,1-2H3,(H,20,24)/t14-,19-/m1/s1. The van der Waals surface area contributed by atoms with E-state index in [4.69, 9.17) is 14.2 Å². The zero-order valence-corrected chi connectivity index (χ0v) is 15.9. The van der Waals surface area contributed by atoms with Crippen molar-refractivity contribution >= 4 is 5.91 Å². The van der Waals surface area contributed by atoms with Crippen molar-refractivity contribution in [2.75, 3.05) is 32.8 Å². The minimum atomic E-state index is -0.0564. The smallest absolute Gasteiger partial charge is 0.234 e. The minimum absolute atomic E-state index is 0.0564. The molecule has 0 spiro atoms. The SMILES string of the molecule is CC(C)c1noc([C@@]23CCC[C@@H]2CN(CC(=O)NC2CCOCC2)C3)n1. The molecular weight excluding hydrogens is 332 g/mol. The average Bonchev–Trinajstić information content (AvgIpc) is 3.29. The number of aromatic nitrogens is 2. The lowest BCUT2D eigenvalue weighted by Crippen LogP contribution is -2.44. The summed E-state index contributed by atoms with van der Waals surface area (Å²) in [7, 11) is 0. The van der Waals surface area contributed by atoms with Crippen LogP contribution in [0.25, 0.3) is 0 Å². The van der Waals surface area contributed by atoms with Crippen molar-refractivity contribution in [3.8, 4) is 0 Å². The van der Waals surface area contributed by atoms with E-state index in [9.17, 15) is 4.79 Å². The normalized spacial score (nSPS) is 30.0. The summed E-state index contributed by atoms with van der Waals surface area (Å²) in [6.45, 7) is 7.91. The van der Waals surface area contributed by atoms with Gasteiger partial charge in [-0.3, -0.25) is 9.69 Å². The van der Waals surface area contributed by atoms with Gasteiger partial charge in [0.1, 0.15) is 0 Å². The van der Waals surface area contributed by atoms with Gasteiger partial charge in [0, 0.05) is 38.3 Å². The Hall–Kier alpha value is -1.47. The van der Waals surface area contributed by atoms with Crippen molar-refractivity contribution in [1.29, 1.82) is 0 Å². The molecule has 1 aromatic heterocycles. The molecule has 3 aliphatic rings. The summed E-state index contributed by atoms with van der Waals surface area (Å²) in [6, 6.07) is 0.261. The van der Waals surface area contributed by atoms with Crippen LogP contribution in [0.4, 0.5) is 0 Å². The second-order valence-electron chi connectivity index (χ2n) is 8.48. The van der Waals surface area contributed by atoms with Gasteiger partial charge in [-0.15, -0.1) is 0 Å². The van der Waals surface area contributed by atoms with Gasteiger partial charge in [-0.1, -0.05) is 25.4 Å². The van der Waals surface area contributed by atoms with E-state index in [0.717, 1.165) is 57.3 Å². The van der Waals surface area contributed by atoms with Gasteiger partial charge in [0.25, 0.3) is 0 Å². The molecule has 2 saturated heterocycles. The molecule has 0 radical (unpaired) electrons. The predicted molar refractivity (Wildman–Crippen MR) is 95.8 cm³/mol. The fourth-order valence-corrected chi connectivity index (χ4v) is 4.85. The largest absolute Gasteiger partial charge is 0.381 e. The Morgan fingerprint density at radius 3 is 2.88 bits per heavy atom. The first-order valence-electron chi connectivity index (χ1n) is 10.0. The van der Waals surface area contributed by atoms with Crippen molar-refractivity contribution in [2.45, 2.75) is 63.3 Å². The Kier molecular flexibility index (Phi) is 5.01. The highest BCUT2D eigenvalue weighted by atomic mass is 16.5. The molecule has 4 rings (SSSR count). The molecule has 26 heavy (non-hydrogen) atoms. The molecule has 0 unspecified atom stereocenters. The van der Waals surface area contributed by atoms with E-state index < -0.39 is 0 Å². The molecule has 0 aromatic carbocycles. The third kappa shape index (κ3) is 3.39. The number of ether oxygens (including phenoxy) is 1. The summed E-state index contributed by atoms with van der Waals surface area (Å²) < 4.78 is 11.0. The topological polar surface area (TPSA) is 80.5 Å². The Labute approximate surface area is 154 Å². The molecule has 1 amide bonds. The van der Waals surface area contributed by atoms with Gasteiger partial charge in [0.05, 0.1) is 12.0 Å². The first kappa shape index (κ1) is 17.9. The number of hydrogen-bond donors (Lipinski definition) is 1. The summed E-state index contributed by atoms with van der Waals surface area (Å²) in [5.74, 6) is 2.48. The molecule has 7 heteroatoms. The Morgan fingerprint density at radius 2 is 2.15 bits per heavy atom. The lowest BCUT2D eigenvalue weighted by atomic mass is 9.80. The van der Waals surface area contributed by atoms with Crippen LogP contribution in [0.15, 0.2) is 4.52 Å². The molecule has 7 nitrogen and oxygen atoms in total. The summed E-state index contributed by atoms with van der Waals surface area (Å²) in [5.41, 5.74) is -0.0564. The van der Waals surface area contributed by atoms with Crippen molar-refractivity contribution in [1.82, 2.24) is 20.4 Å². The van der Waals surface area contributed by atoms with Crippen molar-refractivity contribution in [3.63, 3.8) is 0 Å². The first-order chi connectivity index (χ1) is 12.6. The first-order valence-corrected chi connectivity index (χ1v) is 10.0. The Morgan fingerprint density at radius 1 is 1.35 bits per heavy atom. The predicted octanol–water partition coefficient (Wildman–Crippen LogP) is 1.84. The molecule has 1 aromatic rings. The van der Waals surface area contributed by atoms with Crippen LogP contribution in [-0.2, 0) is 14.9 Å². The summed E-state index contributed by atoms with van der Waals surface area (Å²) in [4.78, 5) is 19.5. The number of fused-ring (bicyclic) bond motifs is 1. The van der Waals surface area contributed by atoms with Crippen molar-refractivity contribution in [3.05, 3.63) is 11.7 Å². The number of hydrogen-bond acceptors (Lipinski definition) is 6. The van der Waals surface area contributed by atoms with Gasteiger partial charge in [-0.05, 0) is 31.6 Å². The van der Waals surface area contributed by atoms with Crippen molar-refractivity contribution in [2.24, 2.45) is 5.92 Å². The van der Waals surface area contributed by atoms with Crippen LogP contribution < -0.4 is 5.32 Å². The van der Waals surface area contributed by atoms with Gasteiger partial charge in [-0.2, -0.15) is 4.98 Å². The van der Waals surface area contributed by atoms with E-state index in [1.165, 1.54) is 12.8 Å². The number of rotatable bonds is 5. The van der Waals surface area contributed by atoms with Crippen LogP contribution in [0.5, 0.6) is 0 Å². The highest BCUT2D eigenvalue weighted by molar-refractivity contribution is 5.78. The van der Waals surface area contributed by atoms with E-state index in [-0.39, 0.29) is 23.3 Å². The highest BCUT2D eigenvalue weighted by Crippen LogP contribution is 2.49. The van der Waals surface area contributed by atoms with Crippen LogP contribution in [0.3, 0.4) is 0 Å². The second kappa shape index (κ2) is 7.27. The maximum absolute atomic E-state index is 12.5. The van der Waals surface area contributed by atoms with E-state index in [2.05, 4.69) is 29.2 Å². The molecule has 0 bridgehead atoms. The second-order valence-corrected chi connectivity index (χ2v) is 8.48. The fraction of sp³-hybridized carbons (Fsp3) is 0.842. The van der Waals surface area contributed by atoms with E-state index in [1.807, 2.05) is 0 Å². The number of carbonyl (C=O) groups is 1. The number of carbonyl (C=O) groups excluding carboxylic acids is 1. The summed E-state index contributed by atoms with van der Waals surface area (Å²) in [5, 5.41) is 7.35. The lowest BCUT2D eigenvalue weighted by Gasteiger charge is -2.26. The zero-order chi connectivity index (χ0) is 18.1. The third-order valence-corrected chi connectivity index (χ3v) is 6.28. The number of likely N-dealkylation sites (tertiary alicyclic amines) is 1. The number of amides is 1. The molecule has 1 aliphatic carbocycles. The van der Waals surface area contributed by atoms with Gasteiger partial charge in [0.2, 0.25) is 11.8 Å². The summed E-state index contributed by atoms with van der Waals surface area (Å²) >= 11 is 0. The molecule has 1 N–H and O–H groups in total. The lowest BCUT2D eigenvalue weighted by molar-refractivity contribution is -0.123. The van der Waals surface area contributed by atoms with Crippen LogP contribution in [0.1, 0.15) is 63.6 Å². The van der Waals surface area contributed by atoms with Gasteiger partial charge < -0.3 is 14.6 Å². The van der Waals surface area contributed by atoms with Crippen LogP contribution in [-0.4, -0.2) is 59.8 Å². The van der Waals surface area contributed by atoms with Crippen molar-refractivity contribution < 1.29 is 14.1 Å². The highest BCUT2D eigenvalue weighted by Gasteiger charge is 2.54.